The lowest BCUT2D eigenvalue weighted by atomic mass is 9.81. The van der Waals surface area contributed by atoms with Gasteiger partial charge < -0.3 is 4.74 Å². The van der Waals surface area contributed by atoms with E-state index >= 15 is 0 Å². The lowest BCUT2D eigenvalue weighted by Gasteiger charge is -2.38. The van der Waals surface area contributed by atoms with Crippen molar-refractivity contribution >= 4 is 35.2 Å². The van der Waals surface area contributed by atoms with Crippen molar-refractivity contribution in [2.45, 2.75) is 44.6 Å². The first kappa shape index (κ1) is 18.6. The van der Waals surface area contributed by atoms with Gasteiger partial charge in [-0.25, -0.2) is 9.97 Å². The van der Waals surface area contributed by atoms with Gasteiger partial charge in [-0.1, -0.05) is 12.8 Å². The maximum absolute atomic E-state index is 5.51. The number of thiazole rings is 1. The Balaban J connectivity index is 1.38. The number of thiol groups is 1. The van der Waals surface area contributed by atoms with Crippen LogP contribution in [0.2, 0.25) is 0 Å². The van der Waals surface area contributed by atoms with Crippen molar-refractivity contribution in [2.75, 3.05) is 26.3 Å². The first-order valence-electron chi connectivity index (χ1n) is 10.1. The van der Waals surface area contributed by atoms with Crippen LogP contribution in [0.1, 0.15) is 42.2 Å². The molecule has 0 radical (unpaired) electrons. The minimum absolute atomic E-state index is 0.600. The van der Waals surface area contributed by atoms with E-state index in [4.69, 9.17) is 9.72 Å². The van der Waals surface area contributed by atoms with E-state index < -0.39 is 0 Å². The molecule has 4 heterocycles. The van der Waals surface area contributed by atoms with Crippen LogP contribution in [0.15, 0.2) is 23.8 Å². The molecule has 2 aliphatic rings. The molecule has 3 aromatic rings. The summed E-state index contributed by atoms with van der Waals surface area (Å²) in [6.07, 6.45) is 9.12. The molecule has 0 atom stereocenters. The van der Waals surface area contributed by atoms with Crippen molar-refractivity contribution in [1.29, 1.82) is 0 Å². The van der Waals surface area contributed by atoms with Gasteiger partial charge in [0, 0.05) is 47.9 Å². The Morgan fingerprint density at radius 1 is 1.18 bits per heavy atom. The molecule has 5 rings (SSSR count). The lowest BCUT2D eigenvalue weighted by Crippen LogP contribution is -2.44. The molecule has 0 bridgehead atoms. The van der Waals surface area contributed by atoms with Gasteiger partial charge in [-0.05, 0) is 50.2 Å². The topological polar surface area (TPSA) is 43.2 Å². The van der Waals surface area contributed by atoms with E-state index in [0.717, 1.165) is 59.6 Å². The minimum Gasteiger partial charge on any atom is -0.379 e. The summed E-state index contributed by atoms with van der Waals surface area (Å²) < 4.78 is 7.33. The number of fused-ring (bicyclic) bond motifs is 1. The van der Waals surface area contributed by atoms with Crippen LogP contribution in [-0.2, 0) is 4.74 Å². The second-order valence-corrected chi connectivity index (χ2v) is 9.43. The summed E-state index contributed by atoms with van der Waals surface area (Å²) >= 11 is 6.26. The van der Waals surface area contributed by atoms with Gasteiger partial charge in [-0.15, -0.1) is 11.3 Å². The molecule has 0 spiro atoms. The van der Waals surface area contributed by atoms with Crippen LogP contribution < -0.4 is 0 Å². The van der Waals surface area contributed by atoms with Gasteiger partial charge in [-0.3, -0.25) is 8.87 Å². The predicted molar refractivity (Wildman–Crippen MR) is 117 cm³/mol. The molecule has 3 aromatic heterocycles. The number of nitrogens with zero attached hydrogens (tertiary/aromatic N) is 4. The second kappa shape index (κ2) is 7.78. The number of ether oxygens (including phenoxy) is 1. The van der Waals surface area contributed by atoms with Gasteiger partial charge in [0.1, 0.15) is 5.65 Å². The highest BCUT2D eigenvalue weighted by Gasteiger charge is 2.28. The summed E-state index contributed by atoms with van der Waals surface area (Å²) in [5.74, 6) is 0.600. The summed E-state index contributed by atoms with van der Waals surface area (Å²) in [6.45, 7) is 6.01. The smallest absolute Gasteiger partial charge is 0.150 e. The van der Waals surface area contributed by atoms with Crippen LogP contribution >= 0.6 is 24.2 Å². The van der Waals surface area contributed by atoms with Gasteiger partial charge in [0.2, 0.25) is 0 Å². The molecular formula is C21H26N4OS2. The van der Waals surface area contributed by atoms with Gasteiger partial charge in [-0.2, -0.15) is 0 Å². The van der Waals surface area contributed by atoms with Crippen LogP contribution in [0.4, 0.5) is 0 Å². The molecule has 0 amide bonds. The number of hydrogen-bond donors (Lipinski definition) is 1. The van der Waals surface area contributed by atoms with Gasteiger partial charge in [0.15, 0.2) is 0 Å². The molecule has 148 valence electrons. The number of aryl methyl sites for hydroxylation is 1. The number of pyridine rings is 1. The van der Waals surface area contributed by atoms with Crippen molar-refractivity contribution in [3.8, 4) is 11.3 Å². The molecule has 0 aromatic carbocycles. The fourth-order valence-electron chi connectivity index (χ4n) is 4.74. The van der Waals surface area contributed by atoms with Crippen molar-refractivity contribution in [1.82, 2.24) is 18.8 Å². The number of aromatic nitrogens is 3. The number of hydrogen-bond acceptors (Lipinski definition) is 6. The maximum atomic E-state index is 5.51. The third kappa shape index (κ3) is 3.49. The SMILES string of the molecule is Cc1nc(-c2cn(S)c3ncc(C4CCC(N5CCOCC5)CC4)cc23)cs1. The normalized spacial score (nSPS) is 24.1. The van der Waals surface area contributed by atoms with E-state index in [1.807, 2.05) is 17.1 Å². The summed E-state index contributed by atoms with van der Waals surface area (Å²) in [5, 5.41) is 4.37. The molecule has 28 heavy (non-hydrogen) atoms. The first-order valence-corrected chi connectivity index (χ1v) is 11.4. The Morgan fingerprint density at radius 2 is 1.96 bits per heavy atom. The van der Waals surface area contributed by atoms with Crippen LogP contribution in [-0.4, -0.2) is 51.2 Å². The predicted octanol–water partition coefficient (Wildman–Crippen LogP) is 4.52. The highest BCUT2D eigenvalue weighted by atomic mass is 32.1. The third-order valence-corrected chi connectivity index (χ3v) is 7.35. The molecule has 1 aliphatic carbocycles. The van der Waals surface area contributed by atoms with E-state index in [1.54, 1.807) is 11.3 Å². The van der Waals surface area contributed by atoms with Crippen molar-refractivity contribution in [2.24, 2.45) is 0 Å². The molecular weight excluding hydrogens is 388 g/mol. The highest BCUT2D eigenvalue weighted by Crippen LogP contribution is 2.38. The van der Waals surface area contributed by atoms with E-state index in [1.165, 1.54) is 31.2 Å². The monoisotopic (exact) mass is 414 g/mol. The van der Waals surface area contributed by atoms with E-state index in [9.17, 15) is 0 Å². The Morgan fingerprint density at radius 3 is 2.68 bits per heavy atom. The van der Waals surface area contributed by atoms with Crippen LogP contribution in [0.25, 0.3) is 22.3 Å². The Labute approximate surface area is 175 Å². The zero-order valence-corrected chi connectivity index (χ0v) is 17.9. The molecule has 1 aliphatic heterocycles. The van der Waals surface area contributed by atoms with Gasteiger partial charge in [0.25, 0.3) is 0 Å². The van der Waals surface area contributed by atoms with E-state index in [-0.39, 0.29) is 0 Å². The summed E-state index contributed by atoms with van der Waals surface area (Å²) in [4.78, 5) is 12.1. The van der Waals surface area contributed by atoms with Crippen LogP contribution in [0.5, 0.6) is 0 Å². The van der Waals surface area contributed by atoms with Crippen molar-refractivity contribution in [3.63, 3.8) is 0 Å². The fraction of sp³-hybridized carbons (Fsp3) is 0.524. The zero-order chi connectivity index (χ0) is 19.1. The standard InChI is InChI=1S/C21H26N4OS2/c1-14-23-20(13-28-14)19-12-25(27)21-18(19)10-16(11-22-21)15-2-4-17(5-3-15)24-6-8-26-9-7-24/h10-13,15,17,27H,2-9H2,1H3. The highest BCUT2D eigenvalue weighted by molar-refractivity contribution is 7.78. The maximum Gasteiger partial charge on any atom is 0.150 e. The number of morpholine rings is 1. The molecule has 0 unspecified atom stereocenters. The molecule has 1 saturated carbocycles. The largest absolute Gasteiger partial charge is 0.379 e. The van der Waals surface area contributed by atoms with Crippen molar-refractivity contribution < 1.29 is 4.74 Å². The average molecular weight is 415 g/mol. The van der Waals surface area contributed by atoms with Crippen LogP contribution in [0, 0.1) is 6.92 Å². The first-order chi connectivity index (χ1) is 13.7. The molecule has 5 nitrogen and oxygen atoms in total. The van der Waals surface area contributed by atoms with Gasteiger partial charge >= 0.3 is 0 Å². The lowest BCUT2D eigenvalue weighted by molar-refractivity contribution is 0.00729. The van der Waals surface area contributed by atoms with Crippen molar-refractivity contribution in [3.05, 3.63) is 34.4 Å². The zero-order valence-electron chi connectivity index (χ0n) is 16.2. The summed E-state index contributed by atoms with van der Waals surface area (Å²) in [5.41, 5.74) is 4.43. The van der Waals surface area contributed by atoms with E-state index in [2.05, 4.69) is 40.3 Å². The van der Waals surface area contributed by atoms with Crippen LogP contribution in [0.3, 0.4) is 0 Å². The minimum atomic E-state index is 0.600. The fourth-order valence-corrected chi connectivity index (χ4v) is 5.63. The third-order valence-electron chi connectivity index (χ3n) is 6.27. The second-order valence-electron chi connectivity index (χ2n) is 7.93. The van der Waals surface area contributed by atoms with Gasteiger partial charge in [0.05, 0.1) is 23.9 Å². The Hall–Kier alpha value is -1.41. The van der Waals surface area contributed by atoms with E-state index in [0.29, 0.717) is 5.92 Å². The molecule has 1 saturated heterocycles. The molecule has 7 heteroatoms. The summed E-state index contributed by atoms with van der Waals surface area (Å²) in [6, 6.07) is 3.06. The average Bonchev–Trinajstić information content (AvgIpc) is 3.32. The number of rotatable bonds is 3. The molecule has 2 fully saturated rings. The Kier molecular flexibility index (Phi) is 5.17. The Bertz CT molecular complexity index is 968. The summed E-state index contributed by atoms with van der Waals surface area (Å²) in [7, 11) is 0. The molecule has 0 N–H and O–H groups in total. The quantitative estimate of drug-likeness (QED) is 0.640.